The lowest BCUT2D eigenvalue weighted by Gasteiger charge is -2.24. The van der Waals surface area contributed by atoms with Gasteiger partial charge in [0.1, 0.15) is 29.0 Å². The Morgan fingerprint density at radius 2 is 1.94 bits per heavy atom. The molecule has 0 saturated heterocycles. The number of rotatable bonds is 7. The number of hydrazone groups is 1. The van der Waals surface area contributed by atoms with Gasteiger partial charge in [0, 0.05) is 19.4 Å². The molecule has 0 bridgehead atoms. The minimum absolute atomic E-state index is 0.154. The van der Waals surface area contributed by atoms with Gasteiger partial charge in [-0.25, -0.2) is 14.1 Å². The van der Waals surface area contributed by atoms with E-state index in [0.29, 0.717) is 36.5 Å². The molecule has 184 valence electrons. The summed E-state index contributed by atoms with van der Waals surface area (Å²) in [5, 5.41) is 22.4. The predicted molar refractivity (Wildman–Crippen MR) is 134 cm³/mol. The van der Waals surface area contributed by atoms with Crippen LogP contribution in [0.4, 0.5) is 15.9 Å². The molecule has 3 N–H and O–H groups in total. The van der Waals surface area contributed by atoms with Crippen LogP contribution in [0, 0.1) is 31.0 Å². The van der Waals surface area contributed by atoms with Crippen molar-refractivity contribution in [2.45, 2.75) is 39.5 Å². The number of hydrogen-bond donors (Lipinski definition) is 2. The fourth-order valence-electron chi connectivity index (χ4n) is 3.97. The Hall–Kier alpha value is -4.52. The van der Waals surface area contributed by atoms with Gasteiger partial charge >= 0.3 is 0 Å². The molecule has 0 radical (unpaired) electrons. The quantitative estimate of drug-likeness (QED) is 0.494. The number of nitrogens with one attached hydrogen (secondary N) is 1. The fraction of sp³-hybridized carbons (Fsp3) is 0.269. The van der Waals surface area contributed by atoms with Crippen LogP contribution in [0.15, 0.2) is 47.6 Å². The van der Waals surface area contributed by atoms with E-state index in [0.717, 1.165) is 11.1 Å². The van der Waals surface area contributed by atoms with Crippen molar-refractivity contribution in [3.8, 4) is 11.8 Å². The van der Waals surface area contributed by atoms with Gasteiger partial charge < -0.3 is 11.1 Å². The molecule has 0 saturated carbocycles. The number of nitriles is 1. The van der Waals surface area contributed by atoms with E-state index in [-0.39, 0.29) is 47.6 Å². The standard InChI is InChI=1S/C26H26FN7O2/c1-16-5-6-17(2)23(14-16)34-24(35)12-11-22(32-34)26(36)30-13-3-4-21-20(15-28)25(29)33(31-21)19-9-7-18(27)8-10-19/h5-10,14H,3-4,11-13,29H2,1-2H3,(H,30,36). The van der Waals surface area contributed by atoms with Crippen molar-refractivity contribution >= 4 is 29.0 Å². The zero-order valence-electron chi connectivity index (χ0n) is 20.1. The normalized spacial score (nSPS) is 13.3. The van der Waals surface area contributed by atoms with Crippen molar-refractivity contribution in [1.82, 2.24) is 15.1 Å². The number of anilines is 2. The molecule has 1 aliphatic rings. The van der Waals surface area contributed by atoms with Gasteiger partial charge in [0.25, 0.3) is 5.91 Å². The summed E-state index contributed by atoms with van der Waals surface area (Å²) in [4.78, 5) is 25.2. The molecule has 36 heavy (non-hydrogen) atoms. The third kappa shape index (κ3) is 5.10. The first-order chi connectivity index (χ1) is 17.3. The van der Waals surface area contributed by atoms with Crippen molar-refractivity contribution in [2.24, 2.45) is 5.10 Å². The zero-order chi connectivity index (χ0) is 25.8. The average Bonchev–Trinajstić information content (AvgIpc) is 3.19. The second kappa shape index (κ2) is 10.4. The molecule has 0 unspecified atom stereocenters. The summed E-state index contributed by atoms with van der Waals surface area (Å²) in [5.74, 6) is -0.700. The van der Waals surface area contributed by atoms with E-state index in [1.807, 2.05) is 32.0 Å². The first-order valence-electron chi connectivity index (χ1n) is 11.6. The maximum absolute atomic E-state index is 13.2. The fourth-order valence-corrected chi connectivity index (χ4v) is 3.97. The predicted octanol–water partition coefficient (Wildman–Crippen LogP) is 3.31. The number of benzene rings is 2. The number of amides is 2. The van der Waals surface area contributed by atoms with Crippen molar-refractivity contribution in [2.75, 3.05) is 17.3 Å². The lowest BCUT2D eigenvalue weighted by atomic mass is 10.1. The molecule has 3 aromatic rings. The van der Waals surface area contributed by atoms with E-state index in [1.165, 1.54) is 34.0 Å². The van der Waals surface area contributed by atoms with Crippen LogP contribution in [0.5, 0.6) is 0 Å². The summed E-state index contributed by atoms with van der Waals surface area (Å²) in [6, 6.07) is 13.5. The van der Waals surface area contributed by atoms with Crippen LogP contribution in [0.2, 0.25) is 0 Å². The van der Waals surface area contributed by atoms with Crippen molar-refractivity contribution in [1.29, 1.82) is 5.26 Å². The molecule has 0 spiro atoms. The molecule has 2 heterocycles. The van der Waals surface area contributed by atoms with Crippen molar-refractivity contribution in [3.63, 3.8) is 0 Å². The number of nitrogens with two attached hydrogens (primary N) is 1. The van der Waals surface area contributed by atoms with Crippen LogP contribution in [-0.4, -0.2) is 33.9 Å². The number of aryl methyl sites for hydroxylation is 3. The Labute approximate surface area is 208 Å². The van der Waals surface area contributed by atoms with Gasteiger partial charge in [-0.1, -0.05) is 12.1 Å². The maximum Gasteiger partial charge on any atom is 0.267 e. The van der Waals surface area contributed by atoms with Gasteiger partial charge in [-0.2, -0.15) is 15.5 Å². The number of hydrogen-bond acceptors (Lipinski definition) is 6. The number of aromatic nitrogens is 2. The topological polar surface area (TPSA) is 129 Å². The van der Waals surface area contributed by atoms with Crippen LogP contribution >= 0.6 is 0 Å². The Bertz CT molecular complexity index is 1390. The maximum atomic E-state index is 13.2. The van der Waals surface area contributed by atoms with Gasteiger partial charge in [0.15, 0.2) is 0 Å². The largest absolute Gasteiger partial charge is 0.382 e. The Balaban J connectivity index is 1.40. The molecule has 0 aliphatic carbocycles. The van der Waals surface area contributed by atoms with E-state index in [9.17, 15) is 19.2 Å². The molecule has 0 fully saturated rings. The van der Waals surface area contributed by atoms with Gasteiger partial charge in [-0.15, -0.1) is 0 Å². The molecular weight excluding hydrogens is 461 g/mol. The minimum atomic E-state index is -0.384. The molecule has 2 aromatic carbocycles. The van der Waals surface area contributed by atoms with E-state index in [4.69, 9.17) is 5.73 Å². The third-order valence-electron chi connectivity index (χ3n) is 5.94. The first kappa shape index (κ1) is 24.6. The summed E-state index contributed by atoms with van der Waals surface area (Å²) in [5.41, 5.74) is 10.2. The van der Waals surface area contributed by atoms with Gasteiger partial charge in [-0.3, -0.25) is 9.59 Å². The Morgan fingerprint density at radius 1 is 1.19 bits per heavy atom. The third-order valence-corrected chi connectivity index (χ3v) is 5.94. The summed E-state index contributed by atoms with van der Waals surface area (Å²) in [6.07, 6.45) is 1.38. The summed E-state index contributed by atoms with van der Waals surface area (Å²) >= 11 is 0. The highest BCUT2D eigenvalue weighted by Gasteiger charge is 2.26. The van der Waals surface area contributed by atoms with Crippen LogP contribution in [0.25, 0.3) is 5.69 Å². The molecule has 9 nitrogen and oxygen atoms in total. The molecular formula is C26H26FN7O2. The smallest absolute Gasteiger partial charge is 0.267 e. The number of nitrogens with zero attached hydrogens (tertiary/aromatic N) is 5. The van der Waals surface area contributed by atoms with Crippen LogP contribution in [-0.2, 0) is 16.0 Å². The van der Waals surface area contributed by atoms with Crippen LogP contribution in [0.1, 0.15) is 41.6 Å². The van der Waals surface area contributed by atoms with Gasteiger partial charge in [0.2, 0.25) is 5.91 Å². The molecule has 4 rings (SSSR count). The van der Waals surface area contributed by atoms with Crippen molar-refractivity contribution in [3.05, 3.63) is 70.7 Å². The van der Waals surface area contributed by atoms with Gasteiger partial charge in [-0.05, 0) is 68.1 Å². The monoisotopic (exact) mass is 487 g/mol. The lowest BCUT2D eigenvalue weighted by molar-refractivity contribution is -0.119. The van der Waals surface area contributed by atoms with Crippen LogP contribution < -0.4 is 16.1 Å². The summed E-state index contributed by atoms with van der Waals surface area (Å²) in [7, 11) is 0. The van der Waals surface area contributed by atoms with E-state index in [2.05, 4.69) is 21.6 Å². The highest BCUT2D eigenvalue weighted by molar-refractivity contribution is 6.40. The second-order valence-electron chi connectivity index (χ2n) is 8.61. The first-order valence-corrected chi connectivity index (χ1v) is 11.6. The second-order valence-corrected chi connectivity index (χ2v) is 8.61. The molecule has 0 atom stereocenters. The van der Waals surface area contributed by atoms with E-state index in [1.54, 1.807) is 0 Å². The average molecular weight is 488 g/mol. The van der Waals surface area contributed by atoms with E-state index < -0.39 is 0 Å². The SMILES string of the molecule is Cc1ccc(C)c(N2N=C(C(=O)NCCCc3nn(-c4ccc(F)cc4)c(N)c3C#N)CCC2=O)c1. The Morgan fingerprint density at radius 3 is 2.67 bits per heavy atom. The molecule has 10 heteroatoms. The minimum Gasteiger partial charge on any atom is -0.382 e. The molecule has 1 aliphatic heterocycles. The van der Waals surface area contributed by atoms with Gasteiger partial charge in [0.05, 0.1) is 17.1 Å². The molecule has 2 amide bonds. The number of halogens is 1. The zero-order valence-corrected chi connectivity index (χ0v) is 20.1. The highest BCUT2D eigenvalue weighted by atomic mass is 19.1. The number of carbonyl (C=O) groups excluding carboxylic acids is 2. The van der Waals surface area contributed by atoms with Crippen molar-refractivity contribution < 1.29 is 14.0 Å². The highest BCUT2D eigenvalue weighted by Crippen LogP contribution is 2.25. The van der Waals surface area contributed by atoms with E-state index >= 15 is 0 Å². The van der Waals surface area contributed by atoms with Crippen LogP contribution in [0.3, 0.4) is 0 Å². The lowest BCUT2D eigenvalue weighted by Crippen LogP contribution is -2.39. The molecule has 1 aromatic heterocycles. The number of nitrogen functional groups attached to an aromatic ring is 1. The summed E-state index contributed by atoms with van der Waals surface area (Å²) < 4.78 is 14.6. The Kier molecular flexibility index (Phi) is 7.10. The summed E-state index contributed by atoms with van der Waals surface area (Å²) in [6.45, 7) is 4.15. The number of carbonyl (C=O) groups is 2.